The van der Waals surface area contributed by atoms with Crippen LogP contribution in [0, 0.1) is 0 Å². The van der Waals surface area contributed by atoms with E-state index in [9.17, 15) is 10.2 Å². The third-order valence-electron chi connectivity index (χ3n) is 8.05. The van der Waals surface area contributed by atoms with Gasteiger partial charge in [0, 0.05) is 0 Å². The average molecular weight is 1350 g/mol. The molecule has 0 aliphatic rings. The Kier molecular flexibility index (Phi) is 28.3. The van der Waals surface area contributed by atoms with Gasteiger partial charge in [-0.05, 0) is 72.8 Å². The molecule has 4 N–H and O–H groups in total. The van der Waals surface area contributed by atoms with Crippen LogP contribution in [0.1, 0.15) is 0 Å². The van der Waals surface area contributed by atoms with Crippen LogP contribution in [0.2, 0.25) is 0 Å². The third kappa shape index (κ3) is 26.0. The fraction of sp³-hybridized carbons (Fsp3) is 0.100. The Hall–Kier alpha value is -1.66. The third-order valence-corrected chi connectivity index (χ3v) is 16.9. The first-order valence-corrected chi connectivity index (χ1v) is 39.0. The summed E-state index contributed by atoms with van der Waals surface area (Å²) in [4.78, 5) is 0. The number of halogens is 4. The molecule has 6 aromatic rings. The fourth-order valence-electron chi connectivity index (χ4n) is 6.06. The van der Waals surface area contributed by atoms with Crippen LogP contribution in [0.5, 0.6) is 0 Å². The first kappa shape index (κ1) is 60.4. The monoisotopic (exact) mass is 1340 g/mol. The number of aliphatic hydroxyl groups excluding tert-OH is 2. The van der Waals surface area contributed by atoms with E-state index < -0.39 is 59.4 Å². The molecule has 0 aliphatic carbocycles. The van der Waals surface area contributed by atoms with E-state index in [-0.39, 0.29) is 13.2 Å². The van der Waals surface area contributed by atoms with Gasteiger partial charge in [0.15, 0.2) is 0 Å². The van der Waals surface area contributed by atoms with E-state index in [1.54, 1.807) is 0 Å². The SMILES string of the molecule is OCC[P+](c1ccccc1)(c1ccccc1)c1ccccc1.OCC[P+](c1ccccc1)(c1ccccc1)c1ccccc1.[O]=[Mn](=[O])([O-])[Br].[O]=[Mn](=[O])([O-])[Br].[O]=[Mn](=[O])([OH])[Br].[O]=[Mn](=[O])([OH])[Br]. The van der Waals surface area contributed by atoms with E-state index >= 15 is 0 Å². The molecule has 0 bridgehead atoms. The summed E-state index contributed by atoms with van der Waals surface area (Å²) in [7, 11) is -3.61. The number of hydrogen-bond acceptors (Lipinski definition) is 12. The first-order valence-electron chi connectivity index (χ1n) is 17.5. The van der Waals surface area contributed by atoms with Gasteiger partial charge in [-0.3, -0.25) is 0 Å². The first-order chi connectivity index (χ1) is 29.8. The summed E-state index contributed by atoms with van der Waals surface area (Å²) < 4.78 is 106. The van der Waals surface area contributed by atoms with Crippen molar-refractivity contribution in [3.05, 3.63) is 182 Å². The molecule has 0 amide bonds. The van der Waals surface area contributed by atoms with Crippen LogP contribution in [0.15, 0.2) is 182 Å². The fourth-order valence-corrected chi connectivity index (χ4v) is 14.1. The minimum atomic E-state index is -4.56. The van der Waals surface area contributed by atoms with Crippen LogP contribution in [0.25, 0.3) is 0 Å². The second-order valence-electron chi connectivity index (χ2n) is 12.0. The second kappa shape index (κ2) is 30.0. The van der Waals surface area contributed by atoms with Gasteiger partial charge in [0.25, 0.3) is 0 Å². The Morgan fingerprint density at radius 3 is 0.547 bits per heavy atom. The topological polar surface area (TPSA) is 264 Å². The van der Waals surface area contributed by atoms with E-state index in [2.05, 4.69) is 146 Å². The molecule has 0 saturated heterocycles. The molecule has 352 valence electrons. The summed E-state index contributed by atoms with van der Waals surface area (Å²) >= 11 is -10.1. The molecule has 0 unspecified atom stereocenters. The van der Waals surface area contributed by atoms with Gasteiger partial charge in [-0.2, -0.15) is 0 Å². The predicted molar refractivity (Wildman–Crippen MR) is 240 cm³/mol. The van der Waals surface area contributed by atoms with Gasteiger partial charge in [0.1, 0.15) is 46.4 Å². The molecule has 24 heteroatoms. The van der Waals surface area contributed by atoms with Crippen LogP contribution in [-0.2, 0) is 75.6 Å². The summed E-state index contributed by atoms with van der Waals surface area (Å²) in [6.07, 6.45) is 1.54. The number of hydrogen-bond donors (Lipinski definition) is 4. The summed E-state index contributed by atoms with van der Waals surface area (Å²) in [5.41, 5.74) is 0. The molecule has 64 heavy (non-hydrogen) atoms. The van der Waals surface area contributed by atoms with Gasteiger partial charge in [0.05, 0.1) is 25.5 Å². The van der Waals surface area contributed by atoms with Crippen molar-refractivity contribution in [3.63, 3.8) is 0 Å². The molecule has 0 aliphatic heterocycles. The van der Waals surface area contributed by atoms with E-state index in [4.69, 9.17) is 47.4 Å². The zero-order chi connectivity index (χ0) is 48.5. The zero-order valence-corrected chi connectivity index (χ0v) is 45.8. The zero-order valence-electron chi connectivity index (χ0n) is 32.9. The average Bonchev–Trinajstić information content (AvgIpc) is 3.22. The molecule has 0 spiro atoms. The van der Waals surface area contributed by atoms with Crippen LogP contribution < -0.4 is 40.2 Å². The van der Waals surface area contributed by atoms with Crippen molar-refractivity contribution in [3.8, 4) is 0 Å². The molecule has 0 radical (unpaired) electrons. The Morgan fingerprint density at radius 2 is 0.453 bits per heavy atom. The molecular formula is C40H42Br4Mn4O14P2. The van der Waals surface area contributed by atoms with Crippen molar-refractivity contribution < 1.29 is 103 Å². The van der Waals surface area contributed by atoms with Crippen molar-refractivity contribution in [1.29, 1.82) is 0 Å². The van der Waals surface area contributed by atoms with E-state index in [0.717, 1.165) is 12.3 Å². The summed E-state index contributed by atoms with van der Waals surface area (Å²) in [5.74, 6) is 0. The minimum absolute atomic E-state index is 0.187. The normalized spacial score (nSPS) is 11.4. The molecule has 0 saturated carbocycles. The van der Waals surface area contributed by atoms with Crippen LogP contribution >= 0.6 is 71.0 Å². The van der Waals surface area contributed by atoms with E-state index in [0.29, 0.717) is 0 Å². The second-order valence-corrected chi connectivity index (χ2v) is 36.2. The molecular weight excluding hydrogens is 1310 g/mol. The van der Waals surface area contributed by atoms with Gasteiger partial charge >= 0.3 is 149 Å². The Morgan fingerprint density at radius 1 is 0.344 bits per heavy atom. The molecule has 6 aromatic carbocycles. The predicted octanol–water partition coefficient (Wildman–Crippen LogP) is 4.88. The van der Waals surface area contributed by atoms with Crippen molar-refractivity contribution in [1.82, 2.24) is 0 Å². The standard InChI is InChI=1S/2C20H20OP.4BrH.4Mn.2H2O.10O/c2*21-16-17-22(18-10-4-1-5-11-18,19-12-6-2-7-13-19)20-14-8-3-9-15-20;;;;;;;;;;;;;;;;;;;;/h2*1-15,21H,16-17H2;4*1H;;;;;2*1H2;;;;;;;;;;/q2*+1;;;;;2*+1;2*+2;;;;;;;;;;;2*-1/p-6. The van der Waals surface area contributed by atoms with Crippen molar-refractivity contribution in [2.24, 2.45) is 0 Å². The molecule has 14 nitrogen and oxygen atoms in total. The van der Waals surface area contributed by atoms with Gasteiger partial charge in [-0.1, -0.05) is 109 Å². The number of rotatable bonds is 10. The van der Waals surface area contributed by atoms with Crippen molar-refractivity contribution in [2.45, 2.75) is 0 Å². The van der Waals surface area contributed by atoms with Crippen molar-refractivity contribution >= 4 is 103 Å². The molecule has 0 atom stereocenters. The maximum atomic E-state index is 9.81. The molecule has 0 fully saturated rings. The van der Waals surface area contributed by atoms with E-state index in [1.807, 2.05) is 92.8 Å². The molecule has 0 aromatic heterocycles. The van der Waals surface area contributed by atoms with Crippen LogP contribution in [-0.4, -0.2) is 44.1 Å². The molecule has 0 heterocycles. The van der Waals surface area contributed by atoms with Crippen LogP contribution in [0.4, 0.5) is 0 Å². The maximum absolute atomic E-state index is 9.81. The van der Waals surface area contributed by atoms with E-state index in [1.165, 1.54) is 31.8 Å². The van der Waals surface area contributed by atoms with Crippen LogP contribution in [0.3, 0.4) is 0 Å². The van der Waals surface area contributed by atoms with Gasteiger partial charge in [-0.15, -0.1) is 0 Å². The Labute approximate surface area is 408 Å². The summed E-state index contributed by atoms with van der Waals surface area (Å²) in [6, 6.07) is 63.8. The van der Waals surface area contributed by atoms with Crippen molar-refractivity contribution in [2.75, 3.05) is 25.5 Å². The quantitative estimate of drug-likeness (QED) is 0.105. The number of benzene rings is 6. The Bertz CT molecular complexity index is 2200. The molecule has 6 rings (SSSR count). The number of aliphatic hydroxyl groups is 2. The van der Waals surface area contributed by atoms with Gasteiger partial charge < -0.3 is 10.2 Å². The Balaban J connectivity index is 0.000000452. The summed E-state index contributed by atoms with van der Waals surface area (Å²) in [6.45, 7) is 0.374. The van der Waals surface area contributed by atoms with Gasteiger partial charge in [0.2, 0.25) is 0 Å². The summed E-state index contributed by atoms with van der Waals surface area (Å²) in [5, 5.41) is 27.6. The van der Waals surface area contributed by atoms with Gasteiger partial charge in [-0.25, -0.2) is 0 Å².